The smallest absolute Gasteiger partial charge is 0.387 e. The van der Waals surface area contributed by atoms with Gasteiger partial charge in [-0.15, -0.1) is 0 Å². The van der Waals surface area contributed by atoms with Gasteiger partial charge in [-0.25, -0.2) is 5.43 Å². The molecule has 3 rings (SSSR count). The minimum Gasteiger partial charge on any atom is -0.427 e. The van der Waals surface area contributed by atoms with Crippen molar-refractivity contribution in [2.45, 2.75) is 38.1 Å². The molecule has 2 unspecified atom stereocenters. The zero-order valence-electron chi connectivity index (χ0n) is 13.5. The molecule has 2 aliphatic heterocycles. The van der Waals surface area contributed by atoms with Gasteiger partial charge in [-0.1, -0.05) is 0 Å². The van der Waals surface area contributed by atoms with Crippen LogP contribution >= 0.6 is 0 Å². The molecule has 25 heavy (non-hydrogen) atoms. The SMILES string of the molecule is NC1CC(C2CCN(c3ccc([N+](=O)[O-])c(OC(F)F)c3)CC2)NN1. The van der Waals surface area contributed by atoms with Crippen molar-refractivity contribution >= 4 is 11.4 Å². The number of nitro benzene ring substituents is 1. The lowest BCUT2D eigenvalue weighted by Crippen LogP contribution is -2.43. The van der Waals surface area contributed by atoms with Crippen LogP contribution in [0.4, 0.5) is 20.2 Å². The molecule has 0 aliphatic carbocycles. The summed E-state index contributed by atoms with van der Waals surface area (Å²) in [4.78, 5) is 12.3. The molecular formula is C15H21F2N5O3. The molecule has 2 saturated heterocycles. The summed E-state index contributed by atoms with van der Waals surface area (Å²) in [5, 5.41) is 11.0. The maximum atomic E-state index is 12.5. The molecule has 1 aromatic rings. The molecule has 2 fully saturated rings. The van der Waals surface area contributed by atoms with Gasteiger partial charge in [0.15, 0.2) is 0 Å². The number of anilines is 1. The van der Waals surface area contributed by atoms with Crippen LogP contribution in [0, 0.1) is 16.0 Å². The molecule has 4 N–H and O–H groups in total. The maximum Gasteiger partial charge on any atom is 0.387 e. The van der Waals surface area contributed by atoms with Crippen LogP contribution in [-0.4, -0.2) is 36.8 Å². The molecular weight excluding hydrogens is 336 g/mol. The van der Waals surface area contributed by atoms with Gasteiger partial charge in [0.05, 0.1) is 11.1 Å². The number of nitrogens with two attached hydrogens (primary N) is 1. The fourth-order valence-electron chi connectivity index (χ4n) is 3.52. The topological polar surface area (TPSA) is 106 Å². The molecule has 2 aliphatic rings. The van der Waals surface area contributed by atoms with Gasteiger partial charge in [0.1, 0.15) is 0 Å². The predicted molar refractivity (Wildman–Crippen MR) is 87.3 cm³/mol. The number of hydrogen-bond donors (Lipinski definition) is 3. The van der Waals surface area contributed by atoms with Crippen molar-refractivity contribution in [2.24, 2.45) is 11.7 Å². The van der Waals surface area contributed by atoms with E-state index < -0.39 is 23.0 Å². The lowest BCUT2D eigenvalue weighted by Gasteiger charge is -2.36. The normalized spacial score (nSPS) is 24.7. The first kappa shape index (κ1) is 17.8. The van der Waals surface area contributed by atoms with Gasteiger partial charge in [0.2, 0.25) is 5.75 Å². The standard InChI is InChI=1S/C15H21F2N5O3/c16-15(17)25-13-7-10(1-2-12(13)22(23)24)21-5-3-9(4-6-21)11-8-14(18)20-19-11/h1-2,7,9,11,14-15,19-20H,3-6,8,18H2. The second-order valence-corrected chi connectivity index (χ2v) is 6.35. The van der Waals surface area contributed by atoms with Crippen LogP contribution in [0.1, 0.15) is 19.3 Å². The summed E-state index contributed by atoms with van der Waals surface area (Å²) in [5.74, 6) is 0.0689. The number of ether oxygens (including phenoxy) is 1. The van der Waals surface area contributed by atoms with Gasteiger partial charge in [-0.05, 0) is 31.2 Å². The van der Waals surface area contributed by atoms with Crippen LogP contribution in [0.5, 0.6) is 5.75 Å². The van der Waals surface area contributed by atoms with Crippen molar-refractivity contribution in [2.75, 3.05) is 18.0 Å². The largest absolute Gasteiger partial charge is 0.427 e. The molecule has 10 heteroatoms. The number of halogens is 2. The van der Waals surface area contributed by atoms with E-state index in [2.05, 4.69) is 15.6 Å². The third-order valence-electron chi connectivity index (χ3n) is 4.79. The van der Waals surface area contributed by atoms with Crippen LogP contribution in [0.3, 0.4) is 0 Å². The number of piperidine rings is 1. The third kappa shape index (κ3) is 4.14. The first-order chi connectivity index (χ1) is 11.9. The van der Waals surface area contributed by atoms with Gasteiger partial charge in [0, 0.05) is 37.0 Å². The highest BCUT2D eigenvalue weighted by atomic mass is 19.3. The van der Waals surface area contributed by atoms with Gasteiger partial charge in [-0.3, -0.25) is 15.5 Å². The number of nitrogens with zero attached hydrogens (tertiary/aromatic N) is 2. The van der Waals surface area contributed by atoms with E-state index >= 15 is 0 Å². The van der Waals surface area contributed by atoms with E-state index in [9.17, 15) is 18.9 Å². The van der Waals surface area contributed by atoms with Gasteiger partial charge in [-0.2, -0.15) is 8.78 Å². The zero-order valence-corrected chi connectivity index (χ0v) is 13.5. The monoisotopic (exact) mass is 357 g/mol. The van der Waals surface area contributed by atoms with Crippen molar-refractivity contribution < 1.29 is 18.4 Å². The molecule has 0 amide bonds. The Morgan fingerprint density at radius 2 is 2.04 bits per heavy atom. The Morgan fingerprint density at radius 3 is 2.60 bits per heavy atom. The molecule has 0 bridgehead atoms. The Hall–Kier alpha value is -2.04. The number of alkyl halides is 2. The van der Waals surface area contributed by atoms with E-state index in [1.165, 1.54) is 12.1 Å². The molecule has 0 radical (unpaired) electrons. The minimum absolute atomic E-state index is 0.0354. The molecule has 2 atom stereocenters. The third-order valence-corrected chi connectivity index (χ3v) is 4.79. The molecule has 1 aromatic carbocycles. The number of rotatable bonds is 5. The van der Waals surface area contributed by atoms with Crippen molar-refractivity contribution in [3.63, 3.8) is 0 Å². The summed E-state index contributed by atoms with van der Waals surface area (Å²) >= 11 is 0. The highest BCUT2D eigenvalue weighted by Gasteiger charge is 2.31. The summed E-state index contributed by atoms with van der Waals surface area (Å²) in [6, 6.07) is 4.42. The number of hydrogen-bond acceptors (Lipinski definition) is 7. The van der Waals surface area contributed by atoms with Crippen molar-refractivity contribution in [3.8, 4) is 5.75 Å². The first-order valence-corrected chi connectivity index (χ1v) is 8.19. The number of nitro groups is 1. The van der Waals surface area contributed by atoms with Gasteiger partial charge < -0.3 is 15.4 Å². The minimum atomic E-state index is -3.11. The molecule has 0 aromatic heterocycles. The molecule has 2 heterocycles. The van der Waals surface area contributed by atoms with E-state index in [-0.39, 0.29) is 6.17 Å². The predicted octanol–water partition coefficient (Wildman–Crippen LogP) is 1.56. The number of hydrazine groups is 1. The Bertz CT molecular complexity index is 625. The number of nitrogens with one attached hydrogen (secondary N) is 2. The number of benzene rings is 1. The fourth-order valence-corrected chi connectivity index (χ4v) is 3.52. The van der Waals surface area contributed by atoms with Crippen LogP contribution in [-0.2, 0) is 0 Å². The highest BCUT2D eigenvalue weighted by molar-refractivity contribution is 5.59. The van der Waals surface area contributed by atoms with Crippen LogP contribution < -0.4 is 26.2 Å². The average Bonchev–Trinajstić information content (AvgIpc) is 3.00. The average molecular weight is 357 g/mol. The Kier molecular flexibility index (Phi) is 5.30. The van der Waals surface area contributed by atoms with E-state index in [1.54, 1.807) is 6.07 Å². The Balaban J connectivity index is 1.67. The summed E-state index contributed by atoms with van der Waals surface area (Å²) in [6.07, 6.45) is 2.68. The van der Waals surface area contributed by atoms with E-state index in [0.717, 1.165) is 32.4 Å². The second-order valence-electron chi connectivity index (χ2n) is 6.35. The summed E-state index contributed by atoms with van der Waals surface area (Å²) < 4.78 is 29.3. The zero-order chi connectivity index (χ0) is 18.0. The lowest BCUT2D eigenvalue weighted by atomic mass is 9.88. The Morgan fingerprint density at radius 1 is 1.32 bits per heavy atom. The van der Waals surface area contributed by atoms with Crippen molar-refractivity contribution in [1.82, 2.24) is 10.9 Å². The van der Waals surface area contributed by atoms with Gasteiger partial charge in [0.25, 0.3) is 0 Å². The van der Waals surface area contributed by atoms with E-state index in [1.807, 2.05) is 4.90 Å². The summed E-state index contributed by atoms with van der Waals surface area (Å²) in [6.45, 7) is -1.63. The lowest BCUT2D eigenvalue weighted by molar-refractivity contribution is -0.386. The highest BCUT2D eigenvalue weighted by Crippen LogP contribution is 2.35. The van der Waals surface area contributed by atoms with Gasteiger partial charge >= 0.3 is 12.3 Å². The first-order valence-electron chi connectivity index (χ1n) is 8.19. The second kappa shape index (κ2) is 7.46. The summed E-state index contributed by atoms with van der Waals surface area (Å²) in [5.41, 5.74) is 12.2. The molecule has 0 saturated carbocycles. The maximum absolute atomic E-state index is 12.5. The summed E-state index contributed by atoms with van der Waals surface area (Å²) in [7, 11) is 0. The van der Waals surface area contributed by atoms with Crippen LogP contribution in [0.25, 0.3) is 0 Å². The van der Waals surface area contributed by atoms with Crippen molar-refractivity contribution in [1.29, 1.82) is 0 Å². The molecule has 8 nitrogen and oxygen atoms in total. The van der Waals surface area contributed by atoms with E-state index in [4.69, 9.17) is 5.73 Å². The molecule has 0 spiro atoms. The van der Waals surface area contributed by atoms with Crippen LogP contribution in [0.15, 0.2) is 18.2 Å². The van der Waals surface area contributed by atoms with E-state index in [0.29, 0.717) is 17.6 Å². The molecule has 138 valence electrons. The Labute approximate surface area is 143 Å². The quantitative estimate of drug-likeness (QED) is 0.542. The van der Waals surface area contributed by atoms with Crippen LogP contribution in [0.2, 0.25) is 0 Å². The fraction of sp³-hybridized carbons (Fsp3) is 0.600. The van der Waals surface area contributed by atoms with Crippen molar-refractivity contribution in [3.05, 3.63) is 28.3 Å².